The highest BCUT2D eigenvalue weighted by Crippen LogP contribution is 2.06. The molecule has 176 valence electrons. The summed E-state index contributed by atoms with van der Waals surface area (Å²) in [6.45, 7) is 3.15. The summed E-state index contributed by atoms with van der Waals surface area (Å²) < 4.78 is 0. The summed E-state index contributed by atoms with van der Waals surface area (Å²) in [7, 11) is 0. The Kier molecular flexibility index (Phi) is 12.2. The summed E-state index contributed by atoms with van der Waals surface area (Å²) in [4.78, 5) is 70.2. The van der Waals surface area contributed by atoms with Crippen molar-refractivity contribution in [2.45, 2.75) is 57.3 Å². The number of nitrogens with two attached hydrogens (primary N) is 2. The van der Waals surface area contributed by atoms with Crippen LogP contribution in [0.1, 0.15) is 33.1 Å². The van der Waals surface area contributed by atoms with Crippen molar-refractivity contribution in [1.29, 1.82) is 0 Å². The van der Waals surface area contributed by atoms with Crippen molar-refractivity contribution >= 4 is 48.2 Å². The summed E-state index contributed by atoms with van der Waals surface area (Å²) in [5.74, 6) is -6.79. The van der Waals surface area contributed by atoms with Crippen LogP contribution in [0.5, 0.6) is 0 Å². The van der Waals surface area contributed by atoms with Crippen LogP contribution in [-0.2, 0) is 28.8 Å². The van der Waals surface area contributed by atoms with Crippen LogP contribution in [0, 0.1) is 5.92 Å². The number of hydrogen-bond acceptors (Lipinski definition) is 8. The Balaban J connectivity index is 5.33. The highest BCUT2D eigenvalue weighted by Gasteiger charge is 2.32. The maximum absolute atomic E-state index is 12.6. The molecule has 0 aromatic heterocycles. The van der Waals surface area contributed by atoms with Crippen molar-refractivity contribution < 1.29 is 39.0 Å². The molecule has 14 heteroatoms. The fourth-order valence-corrected chi connectivity index (χ4v) is 2.57. The topological polar surface area (TPSA) is 231 Å². The van der Waals surface area contributed by atoms with Gasteiger partial charge in [-0.25, -0.2) is 4.79 Å². The highest BCUT2D eigenvalue weighted by molar-refractivity contribution is 7.80. The van der Waals surface area contributed by atoms with E-state index in [0.29, 0.717) is 0 Å². The average Bonchev–Trinajstić information content (AvgIpc) is 2.66. The van der Waals surface area contributed by atoms with Gasteiger partial charge in [-0.1, -0.05) is 13.8 Å². The Hall–Kier alpha value is -2.87. The first-order chi connectivity index (χ1) is 14.3. The van der Waals surface area contributed by atoms with E-state index >= 15 is 0 Å². The fourth-order valence-electron chi connectivity index (χ4n) is 2.33. The molecule has 4 unspecified atom stereocenters. The Bertz CT molecular complexity index is 702. The second-order valence-electron chi connectivity index (χ2n) is 7.08. The van der Waals surface area contributed by atoms with Gasteiger partial charge in [0.05, 0.1) is 12.5 Å². The number of nitrogens with one attached hydrogen (secondary N) is 3. The minimum Gasteiger partial charge on any atom is -0.481 e. The third-order valence-corrected chi connectivity index (χ3v) is 4.46. The molecule has 13 nitrogen and oxygen atoms in total. The lowest BCUT2D eigenvalue weighted by atomic mass is 10.0. The number of aliphatic carboxylic acids is 2. The fraction of sp³-hybridized carbons (Fsp3) is 0.647. The van der Waals surface area contributed by atoms with Crippen LogP contribution in [0.25, 0.3) is 0 Å². The third-order valence-electron chi connectivity index (χ3n) is 4.09. The van der Waals surface area contributed by atoms with Crippen molar-refractivity contribution in [3.63, 3.8) is 0 Å². The SMILES string of the molecule is CC(C)C(NC(=O)C(CC(=O)O)NC(=O)C(N)CCC(N)=O)C(=O)NC(CS)C(=O)O. The summed E-state index contributed by atoms with van der Waals surface area (Å²) in [5.41, 5.74) is 10.6. The average molecular weight is 464 g/mol. The Morgan fingerprint density at radius 2 is 1.45 bits per heavy atom. The first-order valence-corrected chi connectivity index (χ1v) is 9.93. The molecule has 0 saturated carbocycles. The summed E-state index contributed by atoms with van der Waals surface area (Å²) in [6.07, 6.45) is -1.10. The van der Waals surface area contributed by atoms with Gasteiger partial charge in [-0.3, -0.25) is 24.0 Å². The van der Waals surface area contributed by atoms with E-state index in [1.807, 2.05) is 0 Å². The predicted octanol–water partition coefficient (Wildman–Crippen LogP) is -2.82. The van der Waals surface area contributed by atoms with E-state index in [4.69, 9.17) is 21.7 Å². The van der Waals surface area contributed by atoms with Gasteiger partial charge in [-0.05, 0) is 12.3 Å². The van der Waals surface area contributed by atoms with E-state index in [1.54, 1.807) is 13.8 Å². The maximum Gasteiger partial charge on any atom is 0.327 e. The Labute approximate surface area is 184 Å². The molecule has 0 aliphatic carbocycles. The molecule has 0 aromatic rings. The molecule has 31 heavy (non-hydrogen) atoms. The van der Waals surface area contributed by atoms with E-state index in [-0.39, 0.29) is 18.6 Å². The maximum atomic E-state index is 12.6. The standard InChI is InChI=1S/C17H29N5O8S/c1-7(2)13(16(28)21-10(6-31)17(29)30)22-15(27)9(5-12(24)25)20-14(26)8(18)3-4-11(19)23/h7-10,13,31H,3-6,18H2,1-2H3,(H2,19,23)(H,20,26)(H,21,28)(H,22,27)(H,24,25)(H,29,30). The van der Waals surface area contributed by atoms with Crippen LogP contribution in [0.15, 0.2) is 0 Å². The molecule has 0 rings (SSSR count). The van der Waals surface area contributed by atoms with Crippen LogP contribution < -0.4 is 27.4 Å². The van der Waals surface area contributed by atoms with Crippen LogP contribution in [-0.4, -0.2) is 75.7 Å². The molecule has 9 N–H and O–H groups in total. The van der Waals surface area contributed by atoms with Gasteiger partial charge in [-0.15, -0.1) is 0 Å². The molecular formula is C17H29N5O8S. The molecule has 0 spiro atoms. The number of carboxylic acids is 2. The zero-order valence-corrected chi connectivity index (χ0v) is 18.1. The first kappa shape index (κ1) is 28.1. The molecule has 0 aliphatic heterocycles. The molecule has 0 saturated heterocycles. The monoisotopic (exact) mass is 463 g/mol. The summed E-state index contributed by atoms with van der Waals surface area (Å²) in [6, 6.07) is -5.30. The van der Waals surface area contributed by atoms with Gasteiger partial charge in [0, 0.05) is 12.2 Å². The van der Waals surface area contributed by atoms with Crippen molar-refractivity contribution in [2.75, 3.05) is 5.75 Å². The summed E-state index contributed by atoms with van der Waals surface area (Å²) >= 11 is 3.84. The molecule has 4 atom stereocenters. The number of hydrogen-bond donors (Lipinski definition) is 8. The van der Waals surface area contributed by atoms with Gasteiger partial charge >= 0.3 is 11.9 Å². The number of primary amides is 1. The lowest BCUT2D eigenvalue weighted by Crippen LogP contribution is -2.59. The molecule has 0 aliphatic rings. The van der Waals surface area contributed by atoms with E-state index in [9.17, 15) is 28.8 Å². The minimum atomic E-state index is -1.57. The number of carbonyl (C=O) groups is 6. The van der Waals surface area contributed by atoms with Crippen molar-refractivity contribution in [2.24, 2.45) is 17.4 Å². The van der Waals surface area contributed by atoms with E-state index in [2.05, 4.69) is 28.6 Å². The Morgan fingerprint density at radius 1 is 0.903 bits per heavy atom. The van der Waals surface area contributed by atoms with Gasteiger partial charge < -0.3 is 37.6 Å². The molecule has 0 bridgehead atoms. The second kappa shape index (κ2) is 13.4. The van der Waals surface area contributed by atoms with Gasteiger partial charge in [0.15, 0.2) is 0 Å². The van der Waals surface area contributed by atoms with Crippen molar-refractivity contribution in [3.8, 4) is 0 Å². The normalized spacial score (nSPS) is 14.6. The summed E-state index contributed by atoms with van der Waals surface area (Å²) in [5, 5.41) is 24.8. The molecule has 4 amide bonds. The van der Waals surface area contributed by atoms with Crippen LogP contribution in [0.4, 0.5) is 0 Å². The molecule has 0 fully saturated rings. The molecule has 0 radical (unpaired) electrons. The minimum absolute atomic E-state index is 0.111. The van der Waals surface area contributed by atoms with Crippen LogP contribution in [0.2, 0.25) is 0 Å². The molecular weight excluding hydrogens is 434 g/mol. The number of carbonyl (C=O) groups excluding carboxylic acids is 4. The van der Waals surface area contributed by atoms with Gasteiger partial charge in [0.2, 0.25) is 23.6 Å². The first-order valence-electron chi connectivity index (χ1n) is 9.30. The quantitative estimate of drug-likeness (QED) is 0.124. The highest BCUT2D eigenvalue weighted by atomic mass is 32.1. The largest absolute Gasteiger partial charge is 0.481 e. The van der Waals surface area contributed by atoms with Gasteiger partial charge in [0.1, 0.15) is 18.1 Å². The number of amides is 4. The molecule has 0 heterocycles. The number of carboxylic acid groups (broad SMARTS) is 2. The van der Waals surface area contributed by atoms with Gasteiger partial charge in [0.25, 0.3) is 0 Å². The van der Waals surface area contributed by atoms with E-state index < -0.39 is 72.1 Å². The lowest BCUT2D eigenvalue weighted by molar-refractivity contribution is -0.143. The predicted molar refractivity (Wildman–Crippen MR) is 111 cm³/mol. The smallest absolute Gasteiger partial charge is 0.327 e. The molecule has 0 aromatic carbocycles. The zero-order chi connectivity index (χ0) is 24.3. The third kappa shape index (κ3) is 10.6. The van der Waals surface area contributed by atoms with Crippen LogP contribution in [0.3, 0.4) is 0 Å². The van der Waals surface area contributed by atoms with Crippen molar-refractivity contribution in [1.82, 2.24) is 16.0 Å². The second-order valence-corrected chi connectivity index (χ2v) is 7.45. The van der Waals surface area contributed by atoms with Crippen molar-refractivity contribution in [3.05, 3.63) is 0 Å². The van der Waals surface area contributed by atoms with Gasteiger partial charge in [-0.2, -0.15) is 12.6 Å². The zero-order valence-electron chi connectivity index (χ0n) is 17.2. The lowest BCUT2D eigenvalue weighted by Gasteiger charge is -2.26. The van der Waals surface area contributed by atoms with Crippen LogP contribution >= 0.6 is 12.6 Å². The van der Waals surface area contributed by atoms with E-state index in [1.165, 1.54) is 0 Å². The number of thiol groups is 1. The van der Waals surface area contributed by atoms with E-state index in [0.717, 1.165) is 0 Å². The Morgan fingerprint density at radius 3 is 1.87 bits per heavy atom. The number of rotatable bonds is 14.